The summed E-state index contributed by atoms with van der Waals surface area (Å²) in [5.74, 6) is -3.77. The maximum absolute atomic E-state index is 12.1. The van der Waals surface area contributed by atoms with Gasteiger partial charge in [0.05, 0.1) is 6.61 Å². The van der Waals surface area contributed by atoms with E-state index in [-0.39, 0.29) is 24.3 Å². The van der Waals surface area contributed by atoms with Gasteiger partial charge in [-0.3, -0.25) is 4.99 Å². The van der Waals surface area contributed by atoms with Crippen molar-refractivity contribution in [3.05, 3.63) is 41.6 Å². The SMILES string of the molecule is O=C(O)C1=N[C@H](C(=O)O)CC(/C=C/N2c3cc(OI)c(O[C@@H]4O[C@H](CO)[C@@H](O)[C@H](O)[C@H]4O)cc3C[C@H]2C(=O)O)=C1. The van der Waals surface area contributed by atoms with Gasteiger partial charge in [0.25, 0.3) is 0 Å². The third kappa shape index (κ3) is 5.91. The van der Waals surface area contributed by atoms with Gasteiger partial charge in [-0.15, -0.1) is 0 Å². The number of hydrogen-bond acceptors (Lipinski definition) is 12. The number of carboxylic acid groups (broad SMARTS) is 3. The highest BCUT2D eigenvalue weighted by Gasteiger charge is 2.45. The minimum atomic E-state index is -1.68. The highest BCUT2D eigenvalue weighted by Crippen LogP contribution is 2.43. The number of halogens is 1. The number of allylic oxidation sites excluding steroid dienone is 1. The second-order valence-electron chi connectivity index (χ2n) is 9.20. The number of aliphatic carboxylic acids is 3. The molecule has 1 saturated heterocycles. The summed E-state index contributed by atoms with van der Waals surface area (Å²) in [6, 6.07) is 0.527. The molecule has 0 spiro atoms. The number of benzene rings is 1. The fourth-order valence-electron chi connectivity index (χ4n) is 4.56. The molecule has 0 bridgehead atoms. The molecule has 0 amide bonds. The zero-order valence-corrected chi connectivity index (χ0v) is 22.6. The first-order valence-corrected chi connectivity index (χ1v) is 12.7. The van der Waals surface area contributed by atoms with Crippen molar-refractivity contribution < 1.29 is 62.7 Å². The second-order valence-corrected chi connectivity index (χ2v) is 9.64. The molecule has 15 nitrogen and oxygen atoms in total. The standard InChI is InChI=1S/C24H25IN2O13/c25-40-16-7-13-10(6-15(16)38-24-20(31)19(30)18(29)17(8-28)39-24)5-14(23(36)37)27(13)2-1-9-3-11(21(32)33)26-12(4-9)22(34)35/h1-3,6-7,12,14,17-20,24,28-31H,4-5,8H2,(H,32,33)(H,34,35)(H,36,37)/b2-1+/t12-,14-,17+,18+,19-,20+,24+/m0/s1. The monoisotopic (exact) mass is 676 g/mol. The van der Waals surface area contributed by atoms with Crippen molar-refractivity contribution in [2.75, 3.05) is 11.5 Å². The van der Waals surface area contributed by atoms with Crippen LogP contribution >= 0.6 is 23.0 Å². The lowest BCUT2D eigenvalue weighted by molar-refractivity contribution is -0.277. The Bertz CT molecular complexity index is 1280. The van der Waals surface area contributed by atoms with E-state index in [9.17, 15) is 50.1 Å². The van der Waals surface area contributed by atoms with Gasteiger partial charge < -0.3 is 53.2 Å². The Morgan fingerprint density at radius 1 is 1.05 bits per heavy atom. The van der Waals surface area contributed by atoms with E-state index in [1.54, 1.807) is 23.0 Å². The van der Waals surface area contributed by atoms with Crippen LogP contribution in [-0.4, -0.2) is 109 Å². The van der Waals surface area contributed by atoms with E-state index in [2.05, 4.69) is 4.99 Å². The summed E-state index contributed by atoms with van der Waals surface area (Å²) < 4.78 is 16.5. The van der Waals surface area contributed by atoms with Crippen LogP contribution in [0.5, 0.6) is 11.5 Å². The maximum Gasteiger partial charge on any atom is 0.354 e. The van der Waals surface area contributed by atoms with Gasteiger partial charge in [-0.05, 0) is 29.4 Å². The lowest BCUT2D eigenvalue weighted by Gasteiger charge is -2.39. The molecule has 0 radical (unpaired) electrons. The molecule has 216 valence electrons. The molecule has 0 unspecified atom stereocenters. The number of dihydropyridines is 1. The smallest absolute Gasteiger partial charge is 0.354 e. The Morgan fingerprint density at radius 2 is 1.77 bits per heavy atom. The molecule has 3 aliphatic rings. The minimum absolute atomic E-state index is 0.000205. The molecule has 1 aromatic rings. The van der Waals surface area contributed by atoms with Crippen LogP contribution in [-0.2, 0) is 25.5 Å². The molecule has 1 fully saturated rings. The van der Waals surface area contributed by atoms with Crippen LogP contribution in [0.2, 0.25) is 0 Å². The van der Waals surface area contributed by atoms with Gasteiger partial charge in [-0.1, -0.05) is 0 Å². The highest BCUT2D eigenvalue weighted by molar-refractivity contribution is 14.1. The van der Waals surface area contributed by atoms with Crippen LogP contribution in [0, 0.1) is 0 Å². The molecule has 7 atom stereocenters. The Kier molecular flexibility index (Phi) is 8.96. The topological polar surface area (TPSA) is 236 Å². The van der Waals surface area contributed by atoms with Crippen molar-refractivity contribution >= 4 is 52.3 Å². The van der Waals surface area contributed by atoms with Gasteiger partial charge in [-0.2, -0.15) is 0 Å². The number of fused-ring (bicyclic) bond motifs is 1. The molecule has 3 aliphatic heterocycles. The van der Waals surface area contributed by atoms with Crippen LogP contribution < -0.4 is 12.7 Å². The number of aliphatic hydroxyl groups is 4. The average Bonchev–Trinajstić information content (AvgIpc) is 3.28. The van der Waals surface area contributed by atoms with Gasteiger partial charge in [0, 0.05) is 30.8 Å². The Labute approximate surface area is 239 Å². The van der Waals surface area contributed by atoms with Crippen LogP contribution in [0.15, 0.2) is 41.1 Å². The predicted octanol–water partition coefficient (Wildman–Crippen LogP) is -0.768. The van der Waals surface area contributed by atoms with Gasteiger partial charge in [-0.25, -0.2) is 14.4 Å². The predicted molar refractivity (Wildman–Crippen MR) is 141 cm³/mol. The van der Waals surface area contributed by atoms with Crippen LogP contribution in [0.4, 0.5) is 5.69 Å². The maximum atomic E-state index is 12.1. The number of nitrogens with zero attached hydrogens (tertiary/aromatic N) is 2. The van der Waals surface area contributed by atoms with Crippen molar-refractivity contribution in [1.82, 2.24) is 0 Å². The summed E-state index contributed by atoms with van der Waals surface area (Å²) in [4.78, 5) is 40.0. The number of rotatable bonds is 9. The minimum Gasteiger partial charge on any atom is -0.480 e. The van der Waals surface area contributed by atoms with Crippen LogP contribution in [0.3, 0.4) is 0 Å². The first-order chi connectivity index (χ1) is 18.9. The first-order valence-electron chi connectivity index (χ1n) is 11.8. The van der Waals surface area contributed by atoms with Gasteiger partial charge in [0.15, 0.2) is 40.5 Å². The van der Waals surface area contributed by atoms with E-state index in [1.165, 1.54) is 35.4 Å². The highest BCUT2D eigenvalue weighted by atomic mass is 127. The molecule has 3 heterocycles. The van der Waals surface area contributed by atoms with E-state index in [0.717, 1.165) is 0 Å². The van der Waals surface area contributed by atoms with E-state index < -0.39 is 73.0 Å². The molecule has 16 heteroatoms. The second kappa shape index (κ2) is 12.1. The van der Waals surface area contributed by atoms with E-state index in [1.807, 2.05) is 0 Å². The largest absolute Gasteiger partial charge is 0.480 e. The molecule has 1 aromatic carbocycles. The molecular weight excluding hydrogens is 651 g/mol. The Hall–Kier alpha value is -3.29. The number of aliphatic imine (C=N–C) groups is 1. The number of ether oxygens (including phenoxy) is 2. The summed E-state index contributed by atoms with van der Waals surface area (Å²) in [6.07, 6.45) is -3.73. The Morgan fingerprint density at radius 3 is 2.38 bits per heavy atom. The summed E-state index contributed by atoms with van der Waals surface area (Å²) in [7, 11) is 0. The zero-order valence-electron chi connectivity index (χ0n) is 20.4. The Balaban J connectivity index is 1.64. The number of hydrogen-bond donors (Lipinski definition) is 7. The molecular formula is C24H25IN2O13. The van der Waals surface area contributed by atoms with Crippen molar-refractivity contribution in [1.29, 1.82) is 0 Å². The first kappa shape index (κ1) is 29.7. The number of carboxylic acids is 3. The van der Waals surface area contributed by atoms with Crippen LogP contribution in [0.25, 0.3) is 0 Å². The molecule has 4 rings (SSSR count). The van der Waals surface area contributed by atoms with Crippen LogP contribution in [0.1, 0.15) is 12.0 Å². The number of aliphatic hydroxyl groups excluding tert-OH is 4. The van der Waals surface area contributed by atoms with Crippen molar-refractivity contribution in [2.24, 2.45) is 4.99 Å². The molecule has 40 heavy (non-hydrogen) atoms. The molecule has 0 aliphatic carbocycles. The third-order valence-corrected chi connectivity index (χ3v) is 7.11. The summed E-state index contributed by atoms with van der Waals surface area (Å²) >= 11 is 1.56. The van der Waals surface area contributed by atoms with Crippen molar-refractivity contribution in [3.63, 3.8) is 0 Å². The van der Waals surface area contributed by atoms with Gasteiger partial charge in [0.1, 0.15) is 36.2 Å². The van der Waals surface area contributed by atoms with E-state index >= 15 is 0 Å². The molecule has 7 N–H and O–H groups in total. The zero-order chi connectivity index (χ0) is 29.3. The number of carbonyl (C=O) groups is 3. The summed E-state index contributed by atoms with van der Waals surface area (Å²) in [5.41, 5.74) is 0.758. The number of anilines is 1. The fraction of sp³-hybridized carbons (Fsp3) is 0.417. The normalized spacial score (nSPS) is 29.9. The van der Waals surface area contributed by atoms with Gasteiger partial charge in [0.2, 0.25) is 6.29 Å². The molecule has 0 aromatic heterocycles. The van der Waals surface area contributed by atoms with Gasteiger partial charge >= 0.3 is 17.9 Å². The lowest BCUT2D eigenvalue weighted by Crippen LogP contribution is -2.60. The average molecular weight is 676 g/mol. The van der Waals surface area contributed by atoms with Crippen molar-refractivity contribution in [3.8, 4) is 11.5 Å². The lowest BCUT2D eigenvalue weighted by atomic mass is 9.99. The van der Waals surface area contributed by atoms with E-state index in [0.29, 0.717) is 16.8 Å². The molecule has 0 saturated carbocycles. The van der Waals surface area contributed by atoms with E-state index in [4.69, 9.17) is 12.5 Å². The third-order valence-electron chi connectivity index (χ3n) is 6.63. The quantitative estimate of drug-likeness (QED) is 0.159. The summed E-state index contributed by atoms with van der Waals surface area (Å²) in [6.45, 7) is -0.657. The fourth-order valence-corrected chi connectivity index (χ4v) is 4.91. The summed E-state index contributed by atoms with van der Waals surface area (Å²) in [5, 5.41) is 68.3. The van der Waals surface area contributed by atoms with Crippen molar-refractivity contribution in [2.45, 2.75) is 55.6 Å².